The molecule has 0 saturated carbocycles. The van der Waals surface area contributed by atoms with Crippen LogP contribution in [0.2, 0.25) is 0 Å². The molecule has 0 spiro atoms. The van der Waals surface area contributed by atoms with Gasteiger partial charge in [0.2, 0.25) is 5.91 Å². The highest BCUT2D eigenvalue weighted by Gasteiger charge is 2.33. The number of rotatable bonds is 3. The van der Waals surface area contributed by atoms with Gasteiger partial charge in [0.25, 0.3) is 0 Å². The SMILES string of the molecule is Cc1nc2cc(C(F)(F)F)ccc2n1C1CCN(CC(=O)N2[C@@H](C)CCC[C@@H]2C)CC1. The molecule has 2 aliphatic rings. The van der Waals surface area contributed by atoms with Gasteiger partial charge in [0.05, 0.1) is 23.1 Å². The minimum absolute atomic E-state index is 0.181. The van der Waals surface area contributed by atoms with E-state index in [9.17, 15) is 18.0 Å². The van der Waals surface area contributed by atoms with Crippen LogP contribution in [0.1, 0.15) is 63.4 Å². The first kappa shape index (κ1) is 22.1. The number of likely N-dealkylation sites (tertiary alicyclic amines) is 2. The van der Waals surface area contributed by atoms with E-state index in [0.717, 1.165) is 62.2 Å². The second-order valence-corrected chi connectivity index (χ2v) is 9.17. The molecule has 0 unspecified atom stereocenters. The van der Waals surface area contributed by atoms with Gasteiger partial charge in [0.15, 0.2) is 0 Å². The van der Waals surface area contributed by atoms with Gasteiger partial charge in [-0.2, -0.15) is 13.2 Å². The lowest BCUT2D eigenvalue weighted by Crippen LogP contribution is -2.51. The van der Waals surface area contributed by atoms with Crippen molar-refractivity contribution in [2.45, 2.75) is 77.2 Å². The Bertz CT molecular complexity index is 936. The summed E-state index contributed by atoms with van der Waals surface area (Å²) in [5.41, 5.74) is 0.466. The molecule has 2 aliphatic heterocycles. The van der Waals surface area contributed by atoms with Crippen LogP contribution in [-0.2, 0) is 11.0 Å². The molecule has 0 bridgehead atoms. The third-order valence-electron chi connectivity index (χ3n) is 6.96. The Balaban J connectivity index is 1.42. The van der Waals surface area contributed by atoms with E-state index in [1.54, 1.807) is 0 Å². The average molecular weight is 437 g/mol. The molecular weight excluding hydrogens is 405 g/mol. The third-order valence-corrected chi connectivity index (χ3v) is 6.96. The first-order valence-electron chi connectivity index (χ1n) is 11.2. The van der Waals surface area contributed by atoms with Crippen molar-refractivity contribution in [3.63, 3.8) is 0 Å². The summed E-state index contributed by atoms with van der Waals surface area (Å²) < 4.78 is 41.2. The minimum Gasteiger partial charge on any atom is -0.336 e. The predicted molar refractivity (Wildman–Crippen MR) is 114 cm³/mol. The molecule has 2 fully saturated rings. The van der Waals surface area contributed by atoms with Crippen molar-refractivity contribution < 1.29 is 18.0 Å². The molecule has 8 heteroatoms. The maximum atomic E-state index is 13.0. The van der Waals surface area contributed by atoms with Crippen LogP contribution in [0.5, 0.6) is 0 Å². The van der Waals surface area contributed by atoms with Gasteiger partial charge in [-0.3, -0.25) is 9.69 Å². The van der Waals surface area contributed by atoms with Crippen molar-refractivity contribution in [1.82, 2.24) is 19.4 Å². The summed E-state index contributed by atoms with van der Waals surface area (Å²) in [5, 5.41) is 0. The maximum absolute atomic E-state index is 13.0. The highest BCUT2D eigenvalue weighted by atomic mass is 19.4. The number of nitrogens with zero attached hydrogens (tertiary/aromatic N) is 4. The molecule has 2 atom stereocenters. The minimum atomic E-state index is -4.37. The van der Waals surface area contributed by atoms with Gasteiger partial charge >= 0.3 is 6.18 Å². The molecule has 31 heavy (non-hydrogen) atoms. The number of aromatic nitrogens is 2. The standard InChI is InChI=1S/C23H31F3N4O/c1-15-5-4-6-16(2)29(15)22(31)14-28-11-9-19(10-12-28)30-17(3)27-20-13-18(23(24,25)26)7-8-21(20)30/h7-8,13,15-16,19H,4-6,9-12,14H2,1-3H3/t15-,16-/m0/s1. The Hall–Kier alpha value is -2.09. The number of carbonyl (C=O) groups is 1. The van der Waals surface area contributed by atoms with Crippen molar-refractivity contribution in [1.29, 1.82) is 0 Å². The van der Waals surface area contributed by atoms with Gasteiger partial charge in [-0.15, -0.1) is 0 Å². The molecule has 0 N–H and O–H groups in total. The van der Waals surface area contributed by atoms with Crippen molar-refractivity contribution >= 4 is 16.9 Å². The number of carbonyl (C=O) groups excluding carboxylic acids is 1. The Morgan fingerprint density at radius 2 is 1.74 bits per heavy atom. The summed E-state index contributed by atoms with van der Waals surface area (Å²) in [7, 11) is 0. The van der Waals surface area contributed by atoms with E-state index >= 15 is 0 Å². The molecule has 170 valence electrons. The number of alkyl halides is 3. The molecule has 2 saturated heterocycles. The molecule has 2 aromatic rings. The van der Waals surface area contributed by atoms with Crippen LogP contribution >= 0.6 is 0 Å². The van der Waals surface area contributed by atoms with E-state index in [1.807, 2.05) is 6.92 Å². The highest BCUT2D eigenvalue weighted by molar-refractivity contribution is 5.79. The first-order valence-corrected chi connectivity index (χ1v) is 11.2. The van der Waals surface area contributed by atoms with Crippen LogP contribution in [0.4, 0.5) is 13.2 Å². The van der Waals surface area contributed by atoms with Crippen LogP contribution < -0.4 is 0 Å². The molecular formula is C23H31F3N4O. The quantitative estimate of drug-likeness (QED) is 0.695. The second-order valence-electron chi connectivity index (χ2n) is 9.17. The van der Waals surface area contributed by atoms with Crippen molar-refractivity contribution in [2.75, 3.05) is 19.6 Å². The Kier molecular flexibility index (Phi) is 6.03. The Labute approximate surface area is 181 Å². The summed E-state index contributed by atoms with van der Waals surface area (Å²) in [6.07, 6.45) is 0.660. The zero-order chi connectivity index (χ0) is 22.3. The van der Waals surface area contributed by atoms with Crippen LogP contribution in [0.25, 0.3) is 11.0 Å². The van der Waals surface area contributed by atoms with E-state index in [-0.39, 0.29) is 11.9 Å². The molecule has 1 aromatic carbocycles. The fourth-order valence-corrected chi connectivity index (χ4v) is 5.38. The topological polar surface area (TPSA) is 41.4 Å². The summed E-state index contributed by atoms with van der Waals surface area (Å²) in [6.45, 7) is 8.16. The van der Waals surface area contributed by atoms with E-state index in [0.29, 0.717) is 24.1 Å². The van der Waals surface area contributed by atoms with E-state index < -0.39 is 11.7 Å². The molecule has 0 radical (unpaired) electrons. The third kappa shape index (κ3) is 4.45. The number of fused-ring (bicyclic) bond motifs is 1. The maximum Gasteiger partial charge on any atom is 0.416 e. The van der Waals surface area contributed by atoms with Gasteiger partial charge in [0, 0.05) is 31.2 Å². The van der Waals surface area contributed by atoms with E-state index in [1.165, 1.54) is 12.5 Å². The average Bonchev–Trinajstić information content (AvgIpc) is 3.03. The van der Waals surface area contributed by atoms with Gasteiger partial charge < -0.3 is 9.47 Å². The van der Waals surface area contributed by atoms with Crippen molar-refractivity contribution in [2.24, 2.45) is 0 Å². The summed E-state index contributed by atoms with van der Waals surface area (Å²) in [6, 6.07) is 4.58. The molecule has 3 heterocycles. The van der Waals surface area contributed by atoms with Gasteiger partial charge in [-0.1, -0.05) is 0 Å². The number of benzene rings is 1. The van der Waals surface area contributed by atoms with E-state index in [4.69, 9.17) is 0 Å². The summed E-state index contributed by atoms with van der Waals surface area (Å²) >= 11 is 0. The molecule has 0 aliphatic carbocycles. The molecule has 1 aromatic heterocycles. The van der Waals surface area contributed by atoms with Crippen LogP contribution in [0.15, 0.2) is 18.2 Å². The fraction of sp³-hybridized carbons (Fsp3) is 0.652. The lowest BCUT2D eigenvalue weighted by molar-refractivity contribution is -0.139. The normalized spacial score (nSPS) is 24.1. The number of amides is 1. The zero-order valence-electron chi connectivity index (χ0n) is 18.5. The fourth-order valence-electron chi connectivity index (χ4n) is 5.38. The van der Waals surface area contributed by atoms with Crippen molar-refractivity contribution in [3.05, 3.63) is 29.6 Å². The van der Waals surface area contributed by atoms with Gasteiger partial charge in [-0.25, -0.2) is 4.98 Å². The molecule has 5 nitrogen and oxygen atoms in total. The van der Waals surface area contributed by atoms with Gasteiger partial charge in [0.1, 0.15) is 5.82 Å². The van der Waals surface area contributed by atoms with E-state index in [2.05, 4.69) is 33.2 Å². The number of imidazole rings is 1. The largest absolute Gasteiger partial charge is 0.416 e. The number of aryl methyl sites for hydroxylation is 1. The number of piperidine rings is 2. The van der Waals surface area contributed by atoms with Crippen LogP contribution in [-0.4, -0.2) is 57.0 Å². The lowest BCUT2D eigenvalue weighted by atomic mass is 9.97. The van der Waals surface area contributed by atoms with Crippen LogP contribution in [0, 0.1) is 6.92 Å². The Morgan fingerprint density at radius 3 is 2.35 bits per heavy atom. The smallest absolute Gasteiger partial charge is 0.336 e. The van der Waals surface area contributed by atoms with Crippen LogP contribution in [0.3, 0.4) is 0 Å². The lowest BCUT2D eigenvalue weighted by Gasteiger charge is -2.41. The number of hydrogen-bond donors (Lipinski definition) is 0. The molecule has 1 amide bonds. The predicted octanol–water partition coefficient (Wildman–Crippen LogP) is 4.79. The summed E-state index contributed by atoms with van der Waals surface area (Å²) in [5.74, 6) is 0.946. The first-order chi connectivity index (χ1) is 14.6. The van der Waals surface area contributed by atoms with Crippen molar-refractivity contribution in [3.8, 4) is 0 Å². The number of halogens is 3. The highest BCUT2D eigenvalue weighted by Crippen LogP contribution is 2.34. The zero-order valence-corrected chi connectivity index (χ0v) is 18.5. The van der Waals surface area contributed by atoms with Gasteiger partial charge in [-0.05, 0) is 71.1 Å². The monoisotopic (exact) mass is 436 g/mol. The second kappa shape index (κ2) is 8.45. The summed E-state index contributed by atoms with van der Waals surface area (Å²) in [4.78, 5) is 21.6. The Morgan fingerprint density at radius 1 is 1.10 bits per heavy atom. The molecule has 4 rings (SSSR count). The number of hydrogen-bond acceptors (Lipinski definition) is 3.